The third-order valence-corrected chi connectivity index (χ3v) is 3.64. The van der Waals surface area contributed by atoms with Crippen molar-refractivity contribution < 1.29 is 4.42 Å². The van der Waals surface area contributed by atoms with Crippen molar-refractivity contribution in [1.29, 1.82) is 0 Å². The molecule has 1 unspecified atom stereocenters. The number of nitrogens with one attached hydrogen (secondary N) is 1. The third-order valence-electron chi connectivity index (χ3n) is 3.64. The molecule has 0 radical (unpaired) electrons. The van der Waals surface area contributed by atoms with Crippen LogP contribution >= 0.6 is 0 Å². The second kappa shape index (κ2) is 6.68. The number of benzene rings is 1. The average molecular weight is 261 g/mol. The average Bonchev–Trinajstić information content (AvgIpc) is 2.85. The third kappa shape index (κ3) is 3.78. The van der Waals surface area contributed by atoms with Crippen molar-refractivity contribution in [3.05, 3.63) is 30.2 Å². The lowest BCUT2D eigenvalue weighted by Crippen LogP contribution is -2.32. The minimum absolute atomic E-state index is 0.553. The molecule has 2 aromatic rings. The van der Waals surface area contributed by atoms with Crippen LogP contribution in [-0.2, 0) is 6.42 Å². The van der Waals surface area contributed by atoms with E-state index >= 15 is 0 Å². The van der Waals surface area contributed by atoms with E-state index in [4.69, 9.17) is 10.2 Å². The molecule has 4 heteroatoms. The summed E-state index contributed by atoms with van der Waals surface area (Å²) in [6.07, 6.45) is 2.48. The first-order chi connectivity index (χ1) is 9.20. The lowest BCUT2D eigenvalue weighted by Gasteiger charge is -2.19. The summed E-state index contributed by atoms with van der Waals surface area (Å²) >= 11 is 0. The van der Waals surface area contributed by atoms with Crippen LogP contribution in [0.2, 0.25) is 0 Å². The number of nitrogens with two attached hydrogens (primary N) is 1. The highest BCUT2D eigenvalue weighted by Gasteiger charge is 2.10. The molecule has 3 N–H and O–H groups in total. The van der Waals surface area contributed by atoms with E-state index < -0.39 is 0 Å². The van der Waals surface area contributed by atoms with Gasteiger partial charge in [-0.25, -0.2) is 4.98 Å². The van der Waals surface area contributed by atoms with Crippen LogP contribution in [0.1, 0.15) is 19.4 Å². The number of nitrogens with zero attached hydrogens (tertiary/aromatic N) is 1. The van der Waals surface area contributed by atoms with Gasteiger partial charge in [0.1, 0.15) is 5.52 Å². The van der Waals surface area contributed by atoms with Crippen molar-refractivity contribution >= 4 is 11.1 Å². The Morgan fingerprint density at radius 3 is 2.95 bits per heavy atom. The summed E-state index contributed by atoms with van der Waals surface area (Å²) in [5, 5.41) is 3.48. The molecule has 0 aliphatic carbocycles. The lowest BCUT2D eigenvalue weighted by molar-refractivity contribution is 0.372. The van der Waals surface area contributed by atoms with Gasteiger partial charge in [-0.15, -0.1) is 0 Å². The summed E-state index contributed by atoms with van der Waals surface area (Å²) < 4.78 is 5.30. The monoisotopic (exact) mass is 261 g/mol. The molecule has 0 spiro atoms. The molecule has 0 aliphatic rings. The first-order valence-electron chi connectivity index (χ1n) is 6.93. The van der Waals surface area contributed by atoms with Crippen molar-refractivity contribution in [3.63, 3.8) is 0 Å². The zero-order valence-corrected chi connectivity index (χ0v) is 11.7. The predicted molar refractivity (Wildman–Crippen MR) is 78.0 cm³/mol. The molecular weight excluding hydrogens is 238 g/mol. The van der Waals surface area contributed by atoms with Gasteiger partial charge in [0.05, 0.1) is 0 Å². The topological polar surface area (TPSA) is 64.1 Å². The number of hydrogen-bond acceptors (Lipinski definition) is 4. The summed E-state index contributed by atoms with van der Waals surface area (Å²) in [5.41, 5.74) is 8.80. The molecule has 1 atom stereocenters. The predicted octanol–water partition coefficient (Wildman–Crippen LogP) is 2.19. The molecule has 1 aromatic carbocycles. The normalized spacial score (nSPS) is 13.3. The minimum Gasteiger partial charge on any atom is -0.443 e. The fraction of sp³-hybridized carbons (Fsp3) is 0.533. The van der Waals surface area contributed by atoms with Gasteiger partial charge in [-0.2, -0.15) is 0 Å². The zero-order chi connectivity index (χ0) is 13.7. The highest BCUT2D eigenvalue weighted by atomic mass is 16.3. The fourth-order valence-corrected chi connectivity index (χ4v) is 2.17. The van der Waals surface area contributed by atoms with Gasteiger partial charge in [0.25, 0.3) is 0 Å². The number of hydrogen-bond donors (Lipinski definition) is 2. The molecule has 4 nitrogen and oxygen atoms in total. The number of rotatable bonds is 7. The zero-order valence-electron chi connectivity index (χ0n) is 11.7. The van der Waals surface area contributed by atoms with E-state index in [9.17, 15) is 0 Å². The van der Waals surface area contributed by atoms with Crippen molar-refractivity contribution in [3.8, 4) is 0 Å². The van der Waals surface area contributed by atoms with E-state index in [2.05, 4.69) is 36.3 Å². The van der Waals surface area contributed by atoms with Crippen LogP contribution in [0.25, 0.3) is 11.1 Å². The highest BCUT2D eigenvalue weighted by molar-refractivity contribution is 5.72. The molecule has 2 rings (SSSR count). The summed E-state index contributed by atoms with van der Waals surface area (Å²) in [5.74, 6) is 1.18. The van der Waals surface area contributed by atoms with E-state index in [1.165, 1.54) is 12.0 Å². The van der Waals surface area contributed by atoms with Gasteiger partial charge < -0.3 is 15.5 Å². The first-order valence-corrected chi connectivity index (χ1v) is 6.93. The van der Waals surface area contributed by atoms with Crippen molar-refractivity contribution in [1.82, 2.24) is 10.3 Å². The molecule has 0 aliphatic heterocycles. The van der Waals surface area contributed by atoms with Crippen LogP contribution in [-0.4, -0.2) is 24.6 Å². The SMILES string of the molecule is CC(C)C(CN)CNCCc1ccc2ncoc2c1. The molecular formula is C15H23N3O. The Morgan fingerprint density at radius 1 is 1.37 bits per heavy atom. The standard InChI is InChI=1S/C15H23N3O/c1-11(2)13(8-16)9-17-6-5-12-3-4-14-15(7-12)19-10-18-14/h3-4,7,10-11,13,17H,5-6,8-9,16H2,1-2H3. The van der Waals surface area contributed by atoms with E-state index in [0.29, 0.717) is 11.8 Å². The summed E-state index contributed by atoms with van der Waals surface area (Å²) in [4.78, 5) is 4.11. The van der Waals surface area contributed by atoms with Crippen molar-refractivity contribution in [2.75, 3.05) is 19.6 Å². The Morgan fingerprint density at radius 2 is 2.21 bits per heavy atom. The van der Waals surface area contributed by atoms with Gasteiger partial charge in [0.15, 0.2) is 12.0 Å². The highest BCUT2D eigenvalue weighted by Crippen LogP contribution is 2.14. The second-order valence-electron chi connectivity index (χ2n) is 5.35. The van der Waals surface area contributed by atoms with Crippen LogP contribution in [0.4, 0.5) is 0 Å². The van der Waals surface area contributed by atoms with Crippen LogP contribution in [0, 0.1) is 11.8 Å². The molecule has 0 bridgehead atoms. The maximum atomic E-state index is 5.76. The van der Waals surface area contributed by atoms with Gasteiger partial charge in [-0.1, -0.05) is 19.9 Å². The Hall–Kier alpha value is -1.39. The van der Waals surface area contributed by atoms with Crippen LogP contribution in [0.5, 0.6) is 0 Å². The first kappa shape index (κ1) is 14.0. The number of aromatic nitrogens is 1. The summed E-state index contributed by atoms with van der Waals surface area (Å²) in [6.45, 7) is 7.13. The van der Waals surface area contributed by atoms with Crippen LogP contribution in [0.3, 0.4) is 0 Å². The second-order valence-corrected chi connectivity index (χ2v) is 5.35. The smallest absolute Gasteiger partial charge is 0.181 e. The van der Waals surface area contributed by atoms with Crippen molar-refractivity contribution in [2.45, 2.75) is 20.3 Å². The largest absolute Gasteiger partial charge is 0.443 e. The Bertz CT molecular complexity index is 507. The van der Waals surface area contributed by atoms with E-state index in [0.717, 1.165) is 37.2 Å². The van der Waals surface area contributed by atoms with Gasteiger partial charge >= 0.3 is 0 Å². The maximum absolute atomic E-state index is 5.76. The molecule has 1 heterocycles. The number of oxazole rings is 1. The van der Waals surface area contributed by atoms with Crippen LogP contribution in [0.15, 0.2) is 29.0 Å². The van der Waals surface area contributed by atoms with Gasteiger partial charge in [0, 0.05) is 0 Å². The van der Waals surface area contributed by atoms with Gasteiger partial charge in [-0.05, 0) is 55.6 Å². The van der Waals surface area contributed by atoms with E-state index in [1.54, 1.807) is 0 Å². The molecule has 0 saturated heterocycles. The van der Waals surface area contributed by atoms with E-state index in [1.807, 2.05) is 6.07 Å². The van der Waals surface area contributed by atoms with Gasteiger partial charge in [0.2, 0.25) is 0 Å². The molecule has 1 aromatic heterocycles. The Balaban J connectivity index is 1.79. The number of fused-ring (bicyclic) bond motifs is 1. The summed E-state index contributed by atoms with van der Waals surface area (Å²) in [7, 11) is 0. The lowest BCUT2D eigenvalue weighted by atomic mass is 9.96. The Labute approximate surface area is 114 Å². The fourth-order valence-electron chi connectivity index (χ4n) is 2.17. The van der Waals surface area contributed by atoms with Crippen molar-refractivity contribution in [2.24, 2.45) is 17.6 Å². The van der Waals surface area contributed by atoms with E-state index in [-0.39, 0.29) is 0 Å². The van der Waals surface area contributed by atoms with Gasteiger partial charge in [-0.3, -0.25) is 0 Å². The minimum atomic E-state index is 0.553. The maximum Gasteiger partial charge on any atom is 0.181 e. The molecule has 0 amide bonds. The molecule has 19 heavy (non-hydrogen) atoms. The Kier molecular flexibility index (Phi) is 4.93. The molecule has 0 saturated carbocycles. The van der Waals surface area contributed by atoms with Crippen LogP contribution < -0.4 is 11.1 Å². The summed E-state index contributed by atoms with van der Waals surface area (Å²) in [6, 6.07) is 6.17. The molecule has 104 valence electrons. The quantitative estimate of drug-likeness (QED) is 0.750. The molecule has 0 fully saturated rings.